The van der Waals surface area contributed by atoms with Crippen LogP contribution in [0.5, 0.6) is 11.5 Å². The highest BCUT2D eigenvalue weighted by Gasteiger charge is 2.14. The Labute approximate surface area is 175 Å². The lowest BCUT2D eigenvalue weighted by Gasteiger charge is -2.18. The number of nitrogens with one attached hydrogen (secondary N) is 1. The summed E-state index contributed by atoms with van der Waals surface area (Å²) in [6.45, 7) is 0. The standard InChI is InChI=1S/C25H21N3O2/c1-28(21-10-4-2-5-11-21)25(29)19-16-20(18-26-17-19)27-23-14-8-9-15-24(23)30-22-12-6-3-7-13-22/h2-18,27H,1H3. The fourth-order valence-corrected chi connectivity index (χ4v) is 3.02. The number of amides is 1. The number of para-hydroxylation sites is 4. The first-order valence-corrected chi connectivity index (χ1v) is 9.58. The van der Waals surface area contributed by atoms with Gasteiger partial charge in [-0.1, -0.05) is 48.5 Å². The second-order valence-corrected chi connectivity index (χ2v) is 6.70. The minimum Gasteiger partial charge on any atom is -0.455 e. The minimum atomic E-state index is -0.133. The van der Waals surface area contributed by atoms with Crippen LogP contribution in [-0.2, 0) is 0 Å². The fraction of sp³-hybridized carbons (Fsp3) is 0.0400. The summed E-state index contributed by atoms with van der Waals surface area (Å²) in [4.78, 5) is 18.7. The molecule has 0 aliphatic heterocycles. The second-order valence-electron chi connectivity index (χ2n) is 6.70. The molecule has 4 rings (SSSR count). The molecule has 5 nitrogen and oxygen atoms in total. The van der Waals surface area contributed by atoms with Crippen molar-refractivity contribution in [1.82, 2.24) is 4.98 Å². The van der Waals surface area contributed by atoms with Crippen LogP contribution in [0.1, 0.15) is 10.4 Å². The molecule has 0 saturated heterocycles. The molecule has 0 radical (unpaired) electrons. The molecule has 0 aliphatic rings. The van der Waals surface area contributed by atoms with Crippen LogP contribution >= 0.6 is 0 Å². The maximum Gasteiger partial charge on any atom is 0.259 e. The van der Waals surface area contributed by atoms with E-state index in [4.69, 9.17) is 4.74 Å². The number of nitrogens with zero attached hydrogens (tertiary/aromatic N) is 2. The molecule has 5 heteroatoms. The average Bonchev–Trinajstić information content (AvgIpc) is 2.81. The number of benzene rings is 3. The average molecular weight is 395 g/mol. The third kappa shape index (κ3) is 4.47. The van der Waals surface area contributed by atoms with Crippen LogP contribution in [0, 0.1) is 0 Å². The van der Waals surface area contributed by atoms with Gasteiger partial charge < -0.3 is 15.0 Å². The molecule has 0 unspecified atom stereocenters. The number of anilines is 3. The lowest BCUT2D eigenvalue weighted by molar-refractivity contribution is 0.0992. The van der Waals surface area contributed by atoms with Crippen molar-refractivity contribution < 1.29 is 9.53 Å². The number of hydrogen-bond donors (Lipinski definition) is 1. The Morgan fingerprint density at radius 1 is 0.867 bits per heavy atom. The molecular weight excluding hydrogens is 374 g/mol. The van der Waals surface area contributed by atoms with Gasteiger partial charge in [-0.15, -0.1) is 0 Å². The highest BCUT2D eigenvalue weighted by Crippen LogP contribution is 2.31. The van der Waals surface area contributed by atoms with E-state index in [2.05, 4.69) is 10.3 Å². The van der Waals surface area contributed by atoms with Crippen molar-refractivity contribution in [2.75, 3.05) is 17.3 Å². The molecule has 30 heavy (non-hydrogen) atoms. The van der Waals surface area contributed by atoms with Crippen LogP contribution in [0.15, 0.2) is 103 Å². The van der Waals surface area contributed by atoms with Gasteiger partial charge in [0.2, 0.25) is 0 Å². The maximum absolute atomic E-state index is 12.9. The zero-order chi connectivity index (χ0) is 20.8. The summed E-state index contributed by atoms with van der Waals surface area (Å²) < 4.78 is 6.00. The van der Waals surface area contributed by atoms with Gasteiger partial charge >= 0.3 is 0 Å². The molecule has 0 spiro atoms. The molecule has 1 N–H and O–H groups in total. The Kier molecular flexibility index (Phi) is 5.71. The van der Waals surface area contributed by atoms with E-state index in [9.17, 15) is 4.79 Å². The largest absolute Gasteiger partial charge is 0.455 e. The van der Waals surface area contributed by atoms with Gasteiger partial charge in [-0.25, -0.2) is 0 Å². The van der Waals surface area contributed by atoms with Crippen molar-refractivity contribution in [2.24, 2.45) is 0 Å². The molecular formula is C25H21N3O2. The number of rotatable bonds is 6. The second kappa shape index (κ2) is 8.92. The van der Waals surface area contributed by atoms with Crippen LogP contribution in [0.2, 0.25) is 0 Å². The number of carbonyl (C=O) groups excluding carboxylic acids is 1. The highest BCUT2D eigenvalue weighted by atomic mass is 16.5. The molecule has 0 atom stereocenters. The van der Waals surface area contributed by atoms with Crippen LogP contribution in [-0.4, -0.2) is 17.9 Å². The van der Waals surface area contributed by atoms with Gasteiger partial charge in [0.1, 0.15) is 5.75 Å². The molecule has 4 aromatic rings. The normalized spacial score (nSPS) is 10.3. The third-order valence-corrected chi connectivity index (χ3v) is 4.57. The van der Waals surface area contributed by atoms with Gasteiger partial charge in [-0.3, -0.25) is 9.78 Å². The molecule has 1 aromatic heterocycles. The first kappa shape index (κ1) is 19.2. The van der Waals surface area contributed by atoms with Crippen molar-refractivity contribution in [3.63, 3.8) is 0 Å². The topological polar surface area (TPSA) is 54.5 Å². The number of hydrogen-bond acceptors (Lipinski definition) is 4. The van der Waals surface area contributed by atoms with E-state index in [1.165, 1.54) is 0 Å². The molecule has 0 saturated carbocycles. The zero-order valence-electron chi connectivity index (χ0n) is 16.5. The monoisotopic (exact) mass is 395 g/mol. The number of pyridine rings is 1. The van der Waals surface area contributed by atoms with Crippen molar-refractivity contribution in [1.29, 1.82) is 0 Å². The van der Waals surface area contributed by atoms with E-state index in [-0.39, 0.29) is 5.91 Å². The third-order valence-electron chi connectivity index (χ3n) is 4.57. The molecule has 0 fully saturated rings. The smallest absolute Gasteiger partial charge is 0.259 e. The molecule has 148 valence electrons. The van der Waals surface area contributed by atoms with E-state index >= 15 is 0 Å². The van der Waals surface area contributed by atoms with E-state index in [0.717, 1.165) is 17.1 Å². The first-order chi connectivity index (χ1) is 14.7. The Morgan fingerprint density at radius 3 is 2.30 bits per heavy atom. The summed E-state index contributed by atoms with van der Waals surface area (Å²) in [5, 5.41) is 3.31. The molecule has 3 aromatic carbocycles. The summed E-state index contributed by atoms with van der Waals surface area (Å²) in [5.74, 6) is 1.30. The van der Waals surface area contributed by atoms with Crippen molar-refractivity contribution in [2.45, 2.75) is 0 Å². The lowest BCUT2D eigenvalue weighted by atomic mass is 10.2. The van der Waals surface area contributed by atoms with Gasteiger partial charge in [0.15, 0.2) is 5.75 Å². The van der Waals surface area contributed by atoms with Crippen molar-refractivity contribution >= 4 is 23.0 Å². The van der Waals surface area contributed by atoms with E-state index < -0.39 is 0 Å². The van der Waals surface area contributed by atoms with Gasteiger partial charge in [0, 0.05) is 18.9 Å². The van der Waals surface area contributed by atoms with Gasteiger partial charge in [-0.05, 0) is 42.5 Å². The van der Waals surface area contributed by atoms with Gasteiger partial charge in [0.05, 0.1) is 23.1 Å². The van der Waals surface area contributed by atoms with E-state index in [1.807, 2.05) is 84.9 Å². The Balaban J connectivity index is 1.55. The van der Waals surface area contributed by atoms with E-state index in [0.29, 0.717) is 17.0 Å². The van der Waals surface area contributed by atoms with Crippen LogP contribution < -0.4 is 15.0 Å². The first-order valence-electron chi connectivity index (χ1n) is 9.58. The Hall–Kier alpha value is -4.12. The molecule has 1 amide bonds. The minimum absolute atomic E-state index is 0.133. The predicted octanol–water partition coefficient (Wildman–Crippen LogP) is 5.89. The number of ether oxygens (including phenoxy) is 1. The highest BCUT2D eigenvalue weighted by molar-refractivity contribution is 6.06. The molecule has 0 bridgehead atoms. The van der Waals surface area contributed by atoms with Crippen LogP contribution in [0.3, 0.4) is 0 Å². The predicted molar refractivity (Wildman–Crippen MR) is 120 cm³/mol. The van der Waals surface area contributed by atoms with Gasteiger partial charge in [-0.2, -0.15) is 0 Å². The van der Waals surface area contributed by atoms with Crippen LogP contribution in [0.25, 0.3) is 0 Å². The van der Waals surface area contributed by atoms with Crippen LogP contribution in [0.4, 0.5) is 17.1 Å². The summed E-state index contributed by atoms with van der Waals surface area (Å²) in [6, 6.07) is 28.5. The summed E-state index contributed by atoms with van der Waals surface area (Å²) in [5.41, 5.74) is 2.80. The van der Waals surface area contributed by atoms with Gasteiger partial charge in [0.25, 0.3) is 5.91 Å². The van der Waals surface area contributed by atoms with Crippen molar-refractivity contribution in [3.05, 3.63) is 109 Å². The summed E-state index contributed by atoms with van der Waals surface area (Å²) >= 11 is 0. The van der Waals surface area contributed by atoms with Crippen molar-refractivity contribution in [3.8, 4) is 11.5 Å². The fourth-order valence-electron chi connectivity index (χ4n) is 3.02. The maximum atomic E-state index is 12.9. The lowest BCUT2D eigenvalue weighted by Crippen LogP contribution is -2.26. The number of carbonyl (C=O) groups is 1. The quantitative estimate of drug-likeness (QED) is 0.442. The van der Waals surface area contributed by atoms with E-state index in [1.54, 1.807) is 30.4 Å². The molecule has 0 aliphatic carbocycles. The Morgan fingerprint density at radius 2 is 1.53 bits per heavy atom. The SMILES string of the molecule is CN(C(=O)c1cncc(Nc2ccccc2Oc2ccccc2)c1)c1ccccc1. The number of aromatic nitrogens is 1. The summed E-state index contributed by atoms with van der Waals surface area (Å²) in [7, 11) is 1.75. The Bertz CT molecular complexity index is 1130. The summed E-state index contributed by atoms with van der Waals surface area (Å²) in [6.07, 6.45) is 3.25. The molecule has 1 heterocycles. The zero-order valence-corrected chi connectivity index (χ0v) is 16.5.